The molecule has 34 heavy (non-hydrogen) atoms. The molecule has 1 aliphatic carbocycles. The highest BCUT2D eigenvalue weighted by molar-refractivity contribution is 7.13. The first-order valence-corrected chi connectivity index (χ1v) is 13.1. The van der Waals surface area contributed by atoms with Gasteiger partial charge in [-0.15, -0.1) is 26.6 Å². The molecule has 8 nitrogen and oxygen atoms in total. The fourth-order valence-corrected chi connectivity index (χ4v) is 5.98. The van der Waals surface area contributed by atoms with Gasteiger partial charge in [-0.2, -0.15) is 5.10 Å². The number of piperazine rings is 1. The van der Waals surface area contributed by atoms with Crippen LogP contribution in [0.2, 0.25) is 0 Å². The summed E-state index contributed by atoms with van der Waals surface area (Å²) in [5.74, 6) is 2.27. The molecule has 5 heterocycles. The number of piperidine rings is 1. The van der Waals surface area contributed by atoms with Crippen molar-refractivity contribution in [3.8, 4) is 10.6 Å². The summed E-state index contributed by atoms with van der Waals surface area (Å²) in [6, 6.07) is 10.4. The van der Waals surface area contributed by atoms with Gasteiger partial charge in [0.2, 0.25) is 5.91 Å². The van der Waals surface area contributed by atoms with E-state index in [2.05, 4.69) is 42.3 Å². The number of rotatable bonds is 4. The molecule has 0 aromatic carbocycles. The zero-order valence-electron chi connectivity index (χ0n) is 19.3. The highest BCUT2D eigenvalue weighted by atomic mass is 32.1. The van der Waals surface area contributed by atoms with E-state index in [4.69, 9.17) is 0 Å². The Morgan fingerprint density at radius 2 is 1.65 bits per heavy atom. The molecule has 0 atom stereocenters. The maximum absolute atomic E-state index is 13.2. The van der Waals surface area contributed by atoms with Gasteiger partial charge in [0.25, 0.3) is 0 Å². The summed E-state index contributed by atoms with van der Waals surface area (Å²) in [5.41, 5.74) is 3.42. The van der Waals surface area contributed by atoms with Crippen LogP contribution in [0.4, 0.5) is 11.6 Å². The smallest absolute Gasteiger partial charge is 0.225 e. The van der Waals surface area contributed by atoms with Gasteiger partial charge in [0, 0.05) is 45.2 Å². The monoisotopic (exact) mass is 475 g/mol. The number of carbonyl (C=O) groups excluding carboxylic acids is 1. The molecule has 0 bridgehead atoms. The maximum atomic E-state index is 13.2. The molecule has 2 aliphatic heterocycles. The molecule has 0 radical (unpaired) electrons. The van der Waals surface area contributed by atoms with Gasteiger partial charge in [-0.3, -0.25) is 4.79 Å². The third kappa shape index (κ3) is 4.24. The SMILES string of the molecule is O=C(C1CCN(c2ccc(-c3cccs3)nn2)CC1)N1CCN(c2cc3c(nn2)CCC3)CC1. The number of anilines is 2. The summed E-state index contributed by atoms with van der Waals surface area (Å²) < 4.78 is 0. The van der Waals surface area contributed by atoms with Crippen molar-refractivity contribution in [2.45, 2.75) is 32.1 Å². The van der Waals surface area contributed by atoms with Crippen molar-refractivity contribution in [3.05, 3.63) is 47.0 Å². The van der Waals surface area contributed by atoms with Gasteiger partial charge in [0.15, 0.2) is 11.6 Å². The highest BCUT2D eigenvalue weighted by Gasteiger charge is 2.31. The van der Waals surface area contributed by atoms with E-state index in [1.165, 1.54) is 12.0 Å². The first-order valence-electron chi connectivity index (χ1n) is 12.3. The Kier molecular flexibility index (Phi) is 5.86. The van der Waals surface area contributed by atoms with E-state index in [0.717, 1.165) is 92.9 Å². The van der Waals surface area contributed by atoms with Crippen molar-refractivity contribution in [1.29, 1.82) is 0 Å². The van der Waals surface area contributed by atoms with E-state index in [1.54, 1.807) is 11.3 Å². The molecule has 0 spiro atoms. The number of amides is 1. The molecule has 176 valence electrons. The van der Waals surface area contributed by atoms with E-state index in [9.17, 15) is 4.79 Å². The van der Waals surface area contributed by atoms with Gasteiger partial charge >= 0.3 is 0 Å². The number of hydrogen-bond donors (Lipinski definition) is 0. The molecule has 2 saturated heterocycles. The Labute approximate surface area is 203 Å². The Balaban J connectivity index is 1.01. The van der Waals surface area contributed by atoms with E-state index in [-0.39, 0.29) is 5.92 Å². The number of thiophene rings is 1. The third-order valence-corrected chi connectivity index (χ3v) is 8.21. The molecule has 0 unspecified atom stereocenters. The Morgan fingerprint density at radius 3 is 2.38 bits per heavy atom. The predicted octanol–water partition coefficient (Wildman–Crippen LogP) is 3.05. The minimum atomic E-state index is 0.0981. The molecule has 0 saturated carbocycles. The van der Waals surface area contributed by atoms with Gasteiger partial charge in [0.1, 0.15) is 5.69 Å². The molecule has 3 aromatic heterocycles. The van der Waals surface area contributed by atoms with E-state index >= 15 is 0 Å². The van der Waals surface area contributed by atoms with Crippen LogP contribution in [-0.2, 0) is 17.6 Å². The largest absolute Gasteiger partial charge is 0.355 e. The second kappa shape index (κ2) is 9.29. The van der Waals surface area contributed by atoms with Crippen molar-refractivity contribution < 1.29 is 4.79 Å². The van der Waals surface area contributed by atoms with Crippen LogP contribution in [0, 0.1) is 5.92 Å². The second-order valence-electron chi connectivity index (χ2n) is 9.36. The number of hydrogen-bond acceptors (Lipinski definition) is 8. The van der Waals surface area contributed by atoms with Crippen LogP contribution in [0.3, 0.4) is 0 Å². The van der Waals surface area contributed by atoms with E-state index in [1.807, 2.05) is 28.5 Å². The minimum Gasteiger partial charge on any atom is -0.355 e. The molecule has 3 aliphatic rings. The van der Waals surface area contributed by atoms with Crippen LogP contribution < -0.4 is 9.80 Å². The fourth-order valence-electron chi connectivity index (χ4n) is 5.29. The molecular weight excluding hydrogens is 446 g/mol. The molecule has 3 aromatic rings. The first-order chi connectivity index (χ1) is 16.7. The van der Waals surface area contributed by atoms with Crippen molar-refractivity contribution in [3.63, 3.8) is 0 Å². The van der Waals surface area contributed by atoms with Crippen LogP contribution in [0.15, 0.2) is 35.7 Å². The van der Waals surface area contributed by atoms with Crippen molar-refractivity contribution in [2.24, 2.45) is 5.92 Å². The lowest BCUT2D eigenvalue weighted by molar-refractivity contribution is -0.136. The maximum Gasteiger partial charge on any atom is 0.225 e. The Hall–Kier alpha value is -3.07. The zero-order chi connectivity index (χ0) is 22.9. The molecule has 0 N–H and O–H groups in total. The molecule has 6 rings (SSSR count). The number of carbonyl (C=O) groups is 1. The van der Waals surface area contributed by atoms with Crippen molar-refractivity contribution >= 4 is 28.9 Å². The lowest BCUT2D eigenvalue weighted by atomic mass is 9.95. The van der Waals surface area contributed by atoms with Crippen LogP contribution >= 0.6 is 11.3 Å². The van der Waals surface area contributed by atoms with E-state index in [0.29, 0.717) is 5.91 Å². The number of aryl methyl sites for hydroxylation is 2. The lowest BCUT2D eigenvalue weighted by Crippen LogP contribution is -2.52. The van der Waals surface area contributed by atoms with Crippen LogP contribution in [-0.4, -0.2) is 70.5 Å². The van der Waals surface area contributed by atoms with Gasteiger partial charge in [-0.1, -0.05) is 6.07 Å². The summed E-state index contributed by atoms with van der Waals surface area (Å²) >= 11 is 1.67. The molecule has 1 amide bonds. The standard InChI is InChI=1S/C25H29N7OS/c33-25(32-14-12-31(13-15-32)24-17-19-3-1-4-20(19)26-29-24)18-8-10-30(11-9-18)23-7-6-21(27-28-23)22-5-2-16-34-22/h2,5-7,16-18H,1,3-4,8-15H2. The summed E-state index contributed by atoms with van der Waals surface area (Å²) in [7, 11) is 0. The number of aromatic nitrogens is 4. The highest BCUT2D eigenvalue weighted by Crippen LogP contribution is 2.27. The van der Waals surface area contributed by atoms with Crippen LogP contribution in [0.5, 0.6) is 0 Å². The average Bonchev–Trinajstić information content (AvgIpc) is 3.61. The van der Waals surface area contributed by atoms with Crippen molar-refractivity contribution in [2.75, 3.05) is 49.1 Å². The summed E-state index contributed by atoms with van der Waals surface area (Å²) in [6.07, 6.45) is 5.07. The second-order valence-corrected chi connectivity index (χ2v) is 10.3. The normalized spacial score (nSPS) is 18.9. The van der Waals surface area contributed by atoms with Gasteiger partial charge in [-0.25, -0.2) is 0 Å². The molecule has 9 heteroatoms. The van der Waals surface area contributed by atoms with Crippen molar-refractivity contribution in [1.82, 2.24) is 25.3 Å². The van der Waals surface area contributed by atoms with Crippen LogP contribution in [0.25, 0.3) is 10.6 Å². The topological polar surface area (TPSA) is 78.4 Å². The Bertz CT molecular complexity index is 1130. The third-order valence-electron chi connectivity index (χ3n) is 7.31. The summed E-state index contributed by atoms with van der Waals surface area (Å²) in [6.45, 7) is 4.84. The average molecular weight is 476 g/mol. The van der Waals surface area contributed by atoms with Gasteiger partial charge in [-0.05, 0) is 67.3 Å². The van der Waals surface area contributed by atoms with Gasteiger partial charge < -0.3 is 14.7 Å². The quantitative estimate of drug-likeness (QED) is 0.574. The predicted molar refractivity (Wildman–Crippen MR) is 133 cm³/mol. The minimum absolute atomic E-state index is 0.0981. The molecular formula is C25H29N7OS. The van der Waals surface area contributed by atoms with E-state index < -0.39 is 0 Å². The fraction of sp³-hybridized carbons (Fsp3) is 0.480. The zero-order valence-corrected chi connectivity index (χ0v) is 20.1. The summed E-state index contributed by atoms with van der Waals surface area (Å²) in [4.78, 5) is 20.9. The number of fused-ring (bicyclic) bond motifs is 1. The van der Waals surface area contributed by atoms with Crippen LogP contribution in [0.1, 0.15) is 30.5 Å². The molecule has 2 fully saturated rings. The Morgan fingerprint density at radius 1 is 0.853 bits per heavy atom. The summed E-state index contributed by atoms with van der Waals surface area (Å²) in [5, 5.41) is 19.8. The number of nitrogens with zero attached hydrogens (tertiary/aromatic N) is 7. The first kappa shape index (κ1) is 21.5. The lowest BCUT2D eigenvalue weighted by Gasteiger charge is -2.39. The van der Waals surface area contributed by atoms with Gasteiger partial charge in [0.05, 0.1) is 10.6 Å².